The summed E-state index contributed by atoms with van der Waals surface area (Å²) in [5.41, 5.74) is 1.98. The Hall–Kier alpha value is -1.00. The quantitative estimate of drug-likeness (QED) is 0.535. The predicted octanol–water partition coefficient (Wildman–Crippen LogP) is 1.36. The second-order valence-electron chi connectivity index (χ2n) is 1.86. The molecule has 0 aromatic carbocycles. The second kappa shape index (κ2) is 2.00. The molecule has 1 atom stereocenters. The summed E-state index contributed by atoms with van der Waals surface area (Å²) < 4.78 is 11.7. The van der Waals surface area contributed by atoms with E-state index in [0.717, 1.165) is 0 Å². The summed E-state index contributed by atoms with van der Waals surface area (Å²) in [5, 5.41) is 0. The lowest BCUT2D eigenvalue weighted by Crippen LogP contribution is -1.70. The van der Waals surface area contributed by atoms with Gasteiger partial charge in [-0.25, -0.2) is 4.98 Å². The van der Waals surface area contributed by atoms with Crippen molar-refractivity contribution in [3.63, 3.8) is 0 Å². The lowest BCUT2D eigenvalue weighted by atomic mass is 10.5. The van der Waals surface area contributed by atoms with E-state index in [0.29, 0.717) is 10.3 Å². The number of aromatic nitrogens is 2. The maximum atomic E-state index is 11.0. The summed E-state index contributed by atoms with van der Waals surface area (Å²) >= 11 is 0. The Morgan fingerprint density at radius 3 is 3.10 bits per heavy atom. The Balaban J connectivity index is 2.93. The van der Waals surface area contributed by atoms with Crippen molar-refractivity contribution >= 4 is 21.1 Å². The Morgan fingerprint density at radius 2 is 2.30 bits per heavy atom. The summed E-state index contributed by atoms with van der Waals surface area (Å²) in [5.74, 6) is 0. The van der Waals surface area contributed by atoms with Gasteiger partial charge in [0.2, 0.25) is 15.9 Å². The van der Waals surface area contributed by atoms with Crippen LogP contribution in [0.25, 0.3) is 10.3 Å². The van der Waals surface area contributed by atoms with Gasteiger partial charge in [0.15, 0.2) is 0 Å². The van der Waals surface area contributed by atoms with Crippen molar-refractivity contribution in [2.75, 3.05) is 0 Å². The normalized spacial score (nSPS) is 12.3. The molecule has 0 aliphatic rings. The maximum Gasteiger partial charge on any atom is 0.231 e. The average Bonchev–Trinajstić information content (AvgIpc) is 2.34. The minimum atomic E-state index is -1.05. The smallest absolute Gasteiger partial charge is 0.231 e. The van der Waals surface area contributed by atoms with E-state index in [9.17, 15) is 4.55 Å². The van der Waals surface area contributed by atoms with Crippen molar-refractivity contribution in [2.24, 2.45) is 0 Å². The molecule has 2 aromatic rings. The van der Waals surface area contributed by atoms with Crippen molar-refractivity contribution in [1.82, 2.24) is 9.97 Å². The van der Waals surface area contributed by atoms with Crippen LogP contribution in [0.15, 0.2) is 23.8 Å². The van der Waals surface area contributed by atoms with Crippen LogP contribution in [-0.2, 0) is 0 Å². The van der Waals surface area contributed by atoms with Crippen LogP contribution in [0.2, 0.25) is 0 Å². The van der Waals surface area contributed by atoms with Gasteiger partial charge in [-0.1, -0.05) is 0 Å². The minimum absolute atomic E-state index is 0.584. The third-order valence-corrected chi connectivity index (χ3v) is 2.29. The molecule has 0 aliphatic heterocycles. The monoisotopic (exact) mass is 152 g/mol. The van der Waals surface area contributed by atoms with Gasteiger partial charge in [-0.05, 0) is 16.8 Å². The van der Waals surface area contributed by atoms with Gasteiger partial charge in [0.25, 0.3) is 0 Å². The van der Waals surface area contributed by atoms with Crippen molar-refractivity contribution < 1.29 is 4.55 Å². The molecule has 10 heavy (non-hydrogen) atoms. The molecule has 50 valence electrons. The first-order valence-electron chi connectivity index (χ1n) is 2.78. The SMILES string of the molecule is [O-][s+]1cnc2ncccc21. The van der Waals surface area contributed by atoms with Crippen LogP contribution >= 0.6 is 10.8 Å². The number of hydrogen-bond acceptors (Lipinski definition) is 3. The number of rotatable bonds is 0. The van der Waals surface area contributed by atoms with Crippen LogP contribution in [0.3, 0.4) is 0 Å². The Labute approximate surface area is 60.2 Å². The van der Waals surface area contributed by atoms with E-state index in [4.69, 9.17) is 0 Å². The lowest BCUT2D eigenvalue weighted by molar-refractivity contribution is 0.599. The molecular formula is C6H4N2OS. The number of nitrogens with zero attached hydrogens (tertiary/aromatic N) is 2. The third-order valence-electron chi connectivity index (χ3n) is 1.24. The highest BCUT2D eigenvalue weighted by molar-refractivity contribution is 7.29. The van der Waals surface area contributed by atoms with Gasteiger partial charge in [0.1, 0.15) is 0 Å². The summed E-state index contributed by atoms with van der Waals surface area (Å²) in [6, 6.07) is 3.52. The van der Waals surface area contributed by atoms with E-state index in [2.05, 4.69) is 9.97 Å². The van der Waals surface area contributed by atoms with E-state index < -0.39 is 10.8 Å². The number of pyridine rings is 1. The highest BCUT2D eigenvalue weighted by Gasteiger charge is 2.04. The van der Waals surface area contributed by atoms with E-state index in [1.165, 1.54) is 5.51 Å². The first-order valence-corrected chi connectivity index (χ1v) is 3.99. The van der Waals surface area contributed by atoms with Crippen LogP contribution in [0, 0.1) is 0 Å². The largest absolute Gasteiger partial charge is 0.589 e. The number of thiazole rings is 1. The molecule has 4 heteroatoms. The van der Waals surface area contributed by atoms with Gasteiger partial charge >= 0.3 is 0 Å². The van der Waals surface area contributed by atoms with Gasteiger partial charge in [-0.2, -0.15) is 4.98 Å². The van der Waals surface area contributed by atoms with Gasteiger partial charge < -0.3 is 4.55 Å². The molecule has 0 saturated heterocycles. The molecule has 2 rings (SSSR count). The van der Waals surface area contributed by atoms with Crippen LogP contribution in [0.1, 0.15) is 0 Å². The fourth-order valence-electron chi connectivity index (χ4n) is 0.791. The second-order valence-corrected chi connectivity index (χ2v) is 3.10. The zero-order valence-corrected chi connectivity index (χ0v) is 5.84. The third kappa shape index (κ3) is 0.698. The zero-order valence-electron chi connectivity index (χ0n) is 5.02. The van der Waals surface area contributed by atoms with Gasteiger partial charge in [-0.15, -0.1) is 0 Å². The number of hydrogen-bond donors (Lipinski definition) is 0. The Kier molecular flexibility index (Phi) is 1.15. The lowest BCUT2D eigenvalue weighted by Gasteiger charge is -1.83. The van der Waals surface area contributed by atoms with Gasteiger partial charge in [-0.3, -0.25) is 0 Å². The Bertz CT molecular complexity index is 357. The molecule has 0 saturated carbocycles. The first-order chi connectivity index (χ1) is 4.88. The maximum absolute atomic E-state index is 11.0. The van der Waals surface area contributed by atoms with Gasteiger partial charge in [0, 0.05) is 12.3 Å². The highest BCUT2D eigenvalue weighted by Crippen LogP contribution is 2.22. The Morgan fingerprint density at radius 1 is 1.40 bits per heavy atom. The molecular weight excluding hydrogens is 148 g/mol. The van der Waals surface area contributed by atoms with Crippen LogP contribution in [0.5, 0.6) is 0 Å². The predicted molar refractivity (Wildman–Crippen MR) is 38.2 cm³/mol. The standard InChI is InChI=1S/C6H4N2OS/c9-10-4-8-6-5(10)2-1-3-7-6/h1-4H. The van der Waals surface area contributed by atoms with Crippen molar-refractivity contribution in [3.8, 4) is 0 Å². The zero-order chi connectivity index (χ0) is 6.97. The molecule has 0 aliphatic carbocycles. The highest BCUT2D eigenvalue weighted by atomic mass is 32.2. The number of fused-ring (bicyclic) bond motifs is 1. The molecule has 0 spiro atoms. The molecule has 3 nitrogen and oxygen atoms in total. The van der Waals surface area contributed by atoms with Crippen LogP contribution < -0.4 is 0 Å². The van der Waals surface area contributed by atoms with Crippen molar-refractivity contribution in [2.45, 2.75) is 0 Å². The molecule has 0 amide bonds. The van der Waals surface area contributed by atoms with Gasteiger partial charge in [0.05, 0.1) is 0 Å². The average molecular weight is 152 g/mol. The molecule has 0 fully saturated rings. The fourth-order valence-corrected chi connectivity index (χ4v) is 1.60. The summed E-state index contributed by atoms with van der Waals surface area (Å²) in [4.78, 5) is 7.76. The fraction of sp³-hybridized carbons (Fsp3) is 0. The summed E-state index contributed by atoms with van der Waals surface area (Å²) in [6.07, 6.45) is 1.64. The molecule has 0 radical (unpaired) electrons. The van der Waals surface area contributed by atoms with Crippen LogP contribution in [0.4, 0.5) is 0 Å². The molecule has 1 unspecified atom stereocenters. The van der Waals surface area contributed by atoms with Crippen LogP contribution in [-0.4, -0.2) is 14.5 Å². The minimum Gasteiger partial charge on any atom is -0.589 e. The molecule has 0 N–H and O–H groups in total. The van der Waals surface area contributed by atoms with Crippen molar-refractivity contribution in [3.05, 3.63) is 23.8 Å². The topological polar surface area (TPSA) is 48.8 Å². The van der Waals surface area contributed by atoms with Crippen molar-refractivity contribution in [1.29, 1.82) is 0 Å². The van der Waals surface area contributed by atoms with E-state index in [1.54, 1.807) is 18.3 Å². The first kappa shape index (κ1) is 5.76. The summed E-state index contributed by atoms with van der Waals surface area (Å²) in [7, 11) is -1.05. The van der Waals surface area contributed by atoms with E-state index >= 15 is 0 Å². The molecule has 0 bridgehead atoms. The molecule has 2 aromatic heterocycles. The van der Waals surface area contributed by atoms with E-state index in [-0.39, 0.29) is 0 Å². The molecule has 2 heterocycles. The summed E-state index contributed by atoms with van der Waals surface area (Å²) in [6.45, 7) is 0. The van der Waals surface area contributed by atoms with E-state index in [1.807, 2.05) is 0 Å².